The van der Waals surface area contributed by atoms with Crippen LogP contribution in [0.4, 0.5) is 0 Å². The van der Waals surface area contributed by atoms with Crippen molar-refractivity contribution < 1.29 is 4.79 Å². The minimum atomic E-state index is 0. The van der Waals surface area contributed by atoms with Gasteiger partial charge in [0.15, 0.2) is 0 Å². The molecule has 2 aliphatic carbocycles. The summed E-state index contributed by atoms with van der Waals surface area (Å²) in [7, 11) is 0. The summed E-state index contributed by atoms with van der Waals surface area (Å²) in [6.07, 6.45) is 5.79. The first-order valence-electron chi connectivity index (χ1n) is 8.39. The van der Waals surface area contributed by atoms with Gasteiger partial charge in [0.25, 0.3) is 0 Å². The van der Waals surface area contributed by atoms with Gasteiger partial charge in [0.2, 0.25) is 5.91 Å². The smallest absolute Gasteiger partial charge is 0.223 e. The molecule has 2 saturated carbocycles. The van der Waals surface area contributed by atoms with Crippen LogP contribution in [-0.4, -0.2) is 25.5 Å². The summed E-state index contributed by atoms with van der Waals surface area (Å²) in [5, 5.41) is 6.66. The number of carbonyl (C=O) groups excluding carboxylic acids is 1. The van der Waals surface area contributed by atoms with E-state index in [-0.39, 0.29) is 23.7 Å². The van der Waals surface area contributed by atoms with E-state index in [9.17, 15) is 4.79 Å². The Hall–Kier alpha value is -0.580. The number of piperidine rings is 1. The number of halogens is 2. The highest BCUT2D eigenvalue weighted by atomic mass is 79.9. The molecule has 3 fully saturated rings. The normalized spacial score (nSPS) is 26.2. The quantitative estimate of drug-likeness (QED) is 0.814. The van der Waals surface area contributed by atoms with Crippen LogP contribution in [0.2, 0.25) is 0 Å². The van der Waals surface area contributed by atoms with Crippen molar-refractivity contribution in [3.05, 3.63) is 34.3 Å². The maximum absolute atomic E-state index is 12.5. The summed E-state index contributed by atoms with van der Waals surface area (Å²) in [5.74, 6) is 0.560. The van der Waals surface area contributed by atoms with E-state index in [1.165, 1.54) is 35.7 Å². The molecule has 1 atom stereocenters. The molecule has 23 heavy (non-hydrogen) atoms. The lowest BCUT2D eigenvalue weighted by Gasteiger charge is -2.24. The molecule has 0 bridgehead atoms. The van der Waals surface area contributed by atoms with E-state index >= 15 is 0 Å². The van der Waals surface area contributed by atoms with Gasteiger partial charge >= 0.3 is 0 Å². The van der Waals surface area contributed by atoms with Crippen molar-refractivity contribution in [2.45, 2.75) is 37.5 Å². The molecule has 4 rings (SSSR count). The lowest BCUT2D eigenvalue weighted by molar-refractivity contribution is -0.123. The van der Waals surface area contributed by atoms with Crippen molar-refractivity contribution in [2.75, 3.05) is 19.6 Å². The first-order valence-corrected chi connectivity index (χ1v) is 9.18. The van der Waals surface area contributed by atoms with Gasteiger partial charge in [-0.15, -0.1) is 12.4 Å². The molecule has 3 nitrogen and oxygen atoms in total. The average Bonchev–Trinajstić information content (AvgIpc) is 3.44. The summed E-state index contributed by atoms with van der Waals surface area (Å²) in [5.41, 5.74) is 1.85. The Kier molecular flexibility index (Phi) is 4.78. The third-order valence-corrected chi connectivity index (χ3v) is 6.70. The lowest BCUT2D eigenvalue weighted by atomic mass is 9.91. The van der Waals surface area contributed by atoms with E-state index in [0.717, 1.165) is 26.1 Å². The highest BCUT2D eigenvalue weighted by Gasteiger charge is 2.58. The van der Waals surface area contributed by atoms with Crippen molar-refractivity contribution in [3.63, 3.8) is 0 Å². The fourth-order valence-corrected chi connectivity index (χ4v) is 4.86. The highest BCUT2D eigenvalue weighted by molar-refractivity contribution is 9.10. The van der Waals surface area contributed by atoms with Gasteiger partial charge in [-0.2, -0.15) is 0 Å². The van der Waals surface area contributed by atoms with Crippen LogP contribution in [0.15, 0.2) is 28.7 Å². The zero-order chi connectivity index (χ0) is 15.2. The van der Waals surface area contributed by atoms with Gasteiger partial charge in [-0.25, -0.2) is 0 Å². The second-order valence-electron chi connectivity index (χ2n) is 7.35. The fraction of sp³-hybridized carbons (Fsp3) is 0.611. The minimum Gasteiger partial charge on any atom is -0.355 e. The summed E-state index contributed by atoms with van der Waals surface area (Å²) in [6.45, 7) is 2.94. The molecule has 1 aromatic carbocycles. The first-order chi connectivity index (χ1) is 10.7. The second-order valence-corrected chi connectivity index (χ2v) is 8.20. The van der Waals surface area contributed by atoms with Gasteiger partial charge < -0.3 is 10.6 Å². The average molecular weight is 400 g/mol. The van der Waals surface area contributed by atoms with Crippen molar-refractivity contribution in [2.24, 2.45) is 11.3 Å². The molecule has 1 amide bonds. The molecule has 126 valence electrons. The van der Waals surface area contributed by atoms with Crippen molar-refractivity contribution in [3.8, 4) is 0 Å². The van der Waals surface area contributed by atoms with Crippen LogP contribution in [-0.2, 0) is 10.2 Å². The van der Waals surface area contributed by atoms with Crippen LogP contribution in [0, 0.1) is 11.3 Å². The SMILES string of the molecule is Cl.O=C(NCC1(c2ccccc2Br)CC1)C1CC12CCNCC2. The topological polar surface area (TPSA) is 41.1 Å². The molecule has 0 radical (unpaired) electrons. The molecule has 1 aromatic rings. The van der Waals surface area contributed by atoms with E-state index in [4.69, 9.17) is 0 Å². The van der Waals surface area contributed by atoms with Crippen LogP contribution in [0.1, 0.15) is 37.7 Å². The Bertz CT molecular complexity index is 596. The predicted molar refractivity (Wildman–Crippen MR) is 98.0 cm³/mol. The molecule has 3 aliphatic rings. The molecule has 1 spiro atoms. The van der Waals surface area contributed by atoms with Crippen LogP contribution in [0.3, 0.4) is 0 Å². The largest absolute Gasteiger partial charge is 0.355 e. The van der Waals surface area contributed by atoms with Gasteiger partial charge in [-0.3, -0.25) is 4.79 Å². The standard InChI is InChI=1S/C18H23BrN2O.ClH/c19-15-4-2-1-3-13(15)18(5-6-18)12-21-16(22)14-11-17(14)7-9-20-10-8-17;/h1-4,14,20H,5-12H2,(H,21,22);1H. The molecule has 1 unspecified atom stereocenters. The summed E-state index contributed by atoms with van der Waals surface area (Å²) < 4.78 is 1.17. The number of benzene rings is 1. The number of hydrogen-bond donors (Lipinski definition) is 2. The number of carbonyl (C=O) groups is 1. The zero-order valence-corrected chi connectivity index (χ0v) is 15.6. The lowest BCUT2D eigenvalue weighted by Crippen LogP contribution is -2.36. The molecule has 0 aromatic heterocycles. The van der Waals surface area contributed by atoms with Crippen molar-refractivity contribution >= 4 is 34.2 Å². The van der Waals surface area contributed by atoms with Crippen LogP contribution in [0.25, 0.3) is 0 Å². The Balaban J connectivity index is 0.00000156. The highest BCUT2D eigenvalue weighted by Crippen LogP contribution is 2.58. The maximum Gasteiger partial charge on any atom is 0.223 e. The molecule has 2 N–H and O–H groups in total. The molecular formula is C18H24BrClN2O. The molecule has 1 aliphatic heterocycles. The van der Waals surface area contributed by atoms with Gasteiger partial charge in [0.05, 0.1) is 0 Å². The van der Waals surface area contributed by atoms with Crippen LogP contribution in [0.5, 0.6) is 0 Å². The Labute approximate surface area is 152 Å². The number of rotatable bonds is 4. The molecule has 1 saturated heterocycles. The number of hydrogen-bond acceptors (Lipinski definition) is 2. The van der Waals surface area contributed by atoms with E-state index in [2.05, 4.69) is 44.8 Å². The summed E-state index contributed by atoms with van der Waals surface area (Å²) in [6, 6.07) is 8.43. The van der Waals surface area contributed by atoms with Gasteiger partial charge in [-0.1, -0.05) is 34.1 Å². The summed E-state index contributed by atoms with van der Waals surface area (Å²) >= 11 is 3.66. The number of nitrogens with one attached hydrogen (secondary N) is 2. The Morgan fingerprint density at radius 3 is 2.57 bits per heavy atom. The Morgan fingerprint density at radius 2 is 1.91 bits per heavy atom. The summed E-state index contributed by atoms with van der Waals surface area (Å²) in [4.78, 5) is 12.5. The zero-order valence-electron chi connectivity index (χ0n) is 13.2. The van der Waals surface area contributed by atoms with E-state index in [1.807, 2.05) is 6.07 Å². The van der Waals surface area contributed by atoms with Crippen molar-refractivity contribution in [1.82, 2.24) is 10.6 Å². The first kappa shape index (κ1) is 17.2. The van der Waals surface area contributed by atoms with Crippen LogP contribution < -0.4 is 10.6 Å². The predicted octanol–water partition coefficient (Wildman–Crippen LogP) is 3.41. The van der Waals surface area contributed by atoms with E-state index in [0.29, 0.717) is 11.3 Å². The third-order valence-electron chi connectivity index (χ3n) is 6.01. The van der Waals surface area contributed by atoms with E-state index in [1.54, 1.807) is 0 Å². The molecule has 1 heterocycles. The monoisotopic (exact) mass is 398 g/mol. The Morgan fingerprint density at radius 1 is 1.22 bits per heavy atom. The maximum atomic E-state index is 12.5. The minimum absolute atomic E-state index is 0. The van der Waals surface area contributed by atoms with Gasteiger partial charge in [0.1, 0.15) is 0 Å². The van der Waals surface area contributed by atoms with E-state index < -0.39 is 0 Å². The van der Waals surface area contributed by atoms with Gasteiger partial charge in [-0.05, 0) is 62.2 Å². The molecule has 5 heteroatoms. The third kappa shape index (κ3) is 3.18. The van der Waals surface area contributed by atoms with Gasteiger partial charge in [0, 0.05) is 22.4 Å². The number of amides is 1. The molecular weight excluding hydrogens is 376 g/mol. The van der Waals surface area contributed by atoms with Crippen LogP contribution >= 0.6 is 28.3 Å². The second kappa shape index (κ2) is 6.38. The fourth-order valence-electron chi connectivity index (χ4n) is 4.16. The van der Waals surface area contributed by atoms with Crippen molar-refractivity contribution in [1.29, 1.82) is 0 Å².